The summed E-state index contributed by atoms with van der Waals surface area (Å²) in [5, 5.41) is 9.09. The topological polar surface area (TPSA) is 40.5 Å². The van der Waals surface area contributed by atoms with Gasteiger partial charge in [0.2, 0.25) is 0 Å². The lowest BCUT2D eigenvalue weighted by Gasteiger charge is -2.27. The fraction of sp³-hybridized carbons (Fsp3) is 0.500. The lowest BCUT2D eigenvalue weighted by molar-refractivity contribution is 0.0792. The van der Waals surface area contributed by atoms with Crippen molar-refractivity contribution in [3.63, 3.8) is 0 Å². The monoisotopic (exact) mass is 311 g/mol. The lowest BCUT2D eigenvalue weighted by Crippen LogP contribution is -2.42. The number of hydrogen-bond donors (Lipinski definition) is 1. The molecule has 0 aromatic heterocycles. The van der Waals surface area contributed by atoms with Gasteiger partial charge in [-0.3, -0.25) is 9.69 Å². The van der Waals surface area contributed by atoms with Crippen molar-refractivity contribution in [1.29, 1.82) is 0 Å². The number of carbonyl (C=O) groups is 1. The molecule has 0 spiro atoms. The third kappa shape index (κ3) is 3.19. The van der Waals surface area contributed by atoms with Gasteiger partial charge in [-0.2, -0.15) is 0 Å². The zero-order valence-electron chi connectivity index (χ0n) is 10.5. The Morgan fingerprint density at radius 1 is 1.44 bits per heavy atom. The van der Waals surface area contributed by atoms with Crippen LogP contribution in [0.25, 0.3) is 0 Å². The molecule has 0 bridgehead atoms. The summed E-state index contributed by atoms with van der Waals surface area (Å²) in [4.78, 5) is 14.5. The minimum absolute atomic E-state index is 0.106. The number of halogens is 1. The van der Waals surface area contributed by atoms with Crippen molar-refractivity contribution in [3.8, 4) is 0 Å². The van der Waals surface area contributed by atoms with Gasteiger partial charge in [0.15, 0.2) is 5.78 Å². The van der Waals surface area contributed by atoms with Crippen molar-refractivity contribution in [3.05, 3.63) is 34.3 Å². The van der Waals surface area contributed by atoms with E-state index < -0.39 is 0 Å². The molecule has 4 heteroatoms. The van der Waals surface area contributed by atoms with E-state index in [2.05, 4.69) is 20.8 Å². The van der Waals surface area contributed by atoms with Crippen molar-refractivity contribution >= 4 is 21.7 Å². The summed E-state index contributed by atoms with van der Waals surface area (Å²) in [6, 6.07) is 7.76. The van der Waals surface area contributed by atoms with Crippen LogP contribution in [-0.4, -0.2) is 41.0 Å². The van der Waals surface area contributed by atoms with Gasteiger partial charge < -0.3 is 5.11 Å². The van der Waals surface area contributed by atoms with E-state index in [9.17, 15) is 4.79 Å². The molecule has 3 nitrogen and oxygen atoms in total. The fourth-order valence-electron chi connectivity index (χ4n) is 2.22. The second-order valence-electron chi connectivity index (χ2n) is 4.74. The van der Waals surface area contributed by atoms with Gasteiger partial charge in [-0.1, -0.05) is 28.1 Å². The first-order chi connectivity index (χ1) is 8.63. The van der Waals surface area contributed by atoms with E-state index in [1.807, 2.05) is 31.2 Å². The summed E-state index contributed by atoms with van der Waals surface area (Å²) in [7, 11) is 0. The maximum Gasteiger partial charge on any atom is 0.179 e. The first kappa shape index (κ1) is 13.7. The molecule has 1 aromatic carbocycles. The Kier molecular flexibility index (Phi) is 4.54. The Morgan fingerprint density at radius 2 is 2.06 bits per heavy atom. The average Bonchev–Trinajstić information content (AvgIpc) is 3.19. The van der Waals surface area contributed by atoms with Gasteiger partial charge in [-0.05, 0) is 31.9 Å². The molecule has 1 fully saturated rings. The van der Waals surface area contributed by atoms with E-state index in [4.69, 9.17) is 5.11 Å². The summed E-state index contributed by atoms with van der Waals surface area (Å²) in [6.07, 6.45) is 2.27. The maximum absolute atomic E-state index is 12.4. The summed E-state index contributed by atoms with van der Waals surface area (Å²) < 4.78 is 0.973. The lowest BCUT2D eigenvalue weighted by atomic mass is 10.0. The van der Waals surface area contributed by atoms with Crippen molar-refractivity contribution in [2.24, 2.45) is 0 Å². The predicted molar refractivity (Wildman–Crippen MR) is 74.7 cm³/mol. The Labute approximate surface area is 116 Å². The molecule has 2 rings (SSSR count). The quantitative estimate of drug-likeness (QED) is 0.821. The van der Waals surface area contributed by atoms with Gasteiger partial charge in [-0.25, -0.2) is 0 Å². The van der Waals surface area contributed by atoms with Crippen molar-refractivity contribution in [2.45, 2.75) is 31.8 Å². The zero-order valence-corrected chi connectivity index (χ0v) is 12.1. The van der Waals surface area contributed by atoms with Crippen LogP contribution in [0.4, 0.5) is 0 Å². The molecular formula is C14H18BrNO2. The minimum Gasteiger partial charge on any atom is -0.395 e. The Bertz CT molecular complexity index is 414. The van der Waals surface area contributed by atoms with Gasteiger partial charge in [-0.15, -0.1) is 0 Å². The highest BCUT2D eigenvalue weighted by Gasteiger charge is 2.34. The summed E-state index contributed by atoms with van der Waals surface area (Å²) >= 11 is 3.36. The van der Waals surface area contributed by atoms with E-state index in [-0.39, 0.29) is 18.4 Å². The maximum atomic E-state index is 12.4. The highest BCUT2D eigenvalue weighted by Crippen LogP contribution is 2.29. The largest absolute Gasteiger partial charge is 0.395 e. The smallest absolute Gasteiger partial charge is 0.179 e. The highest BCUT2D eigenvalue weighted by molar-refractivity contribution is 9.10. The number of aliphatic hydroxyl groups is 1. The summed E-state index contributed by atoms with van der Waals surface area (Å²) in [5.74, 6) is 0.128. The number of benzene rings is 1. The van der Waals surface area contributed by atoms with E-state index >= 15 is 0 Å². The van der Waals surface area contributed by atoms with Crippen LogP contribution in [0, 0.1) is 0 Å². The number of hydrogen-bond acceptors (Lipinski definition) is 3. The number of aliphatic hydroxyl groups excluding tert-OH is 1. The van der Waals surface area contributed by atoms with Crippen LogP contribution in [0.2, 0.25) is 0 Å². The van der Waals surface area contributed by atoms with Crippen LogP contribution in [0.1, 0.15) is 30.1 Å². The Balaban J connectivity index is 2.08. The normalized spacial score (nSPS) is 16.9. The zero-order chi connectivity index (χ0) is 13.1. The number of rotatable bonds is 6. The highest BCUT2D eigenvalue weighted by atomic mass is 79.9. The molecular weight excluding hydrogens is 294 g/mol. The van der Waals surface area contributed by atoms with Crippen LogP contribution in [-0.2, 0) is 0 Å². The number of nitrogens with zero attached hydrogens (tertiary/aromatic N) is 1. The molecule has 1 atom stereocenters. The first-order valence-corrected chi connectivity index (χ1v) is 7.09. The third-order valence-corrected chi connectivity index (χ3v) is 3.91. The van der Waals surface area contributed by atoms with Crippen molar-refractivity contribution in [1.82, 2.24) is 4.90 Å². The standard InChI is InChI=1S/C14H18BrNO2/c1-10(16(8-9-17)13-6-7-13)14(18)11-2-4-12(15)5-3-11/h2-5,10,13,17H,6-9H2,1H3. The molecule has 1 unspecified atom stereocenters. The SMILES string of the molecule is CC(C(=O)c1ccc(Br)cc1)N(CCO)C1CC1. The van der Waals surface area contributed by atoms with Crippen molar-refractivity contribution < 1.29 is 9.90 Å². The third-order valence-electron chi connectivity index (χ3n) is 3.38. The summed E-state index contributed by atoms with van der Waals surface area (Å²) in [6.45, 7) is 2.61. The molecule has 18 heavy (non-hydrogen) atoms. The first-order valence-electron chi connectivity index (χ1n) is 6.30. The van der Waals surface area contributed by atoms with Crippen molar-refractivity contribution in [2.75, 3.05) is 13.2 Å². The van der Waals surface area contributed by atoms with Crippen LogP contribution >= 0.6 is 15.9 Å². The second-order valence-corrected chi connectivity index (χ2v) is 5.66. The van der Waals surface area contributed by atoms with Gasteiger partial charge in [0.1, 0.15) is 0 Å². The minimum atomic E-state index is -0.161. The Morgan fingerprint density at radius 3 is 2.56 bits per heavy atom. The predicted octanol–water partition coefficient (Wildman–Crippen LogP) is 2.48. The van der Waals surface area contributed by atoms with E-state index in [1.165, 1.54) is 0 Å². The van der Waals surface area contributed by atoms with Gasteiger partial charge in [0.05, 0.1) is 12.6 Å². The van der Waals surface area contributed by atoms with E-state index in [0.29, 0.717) is 12.6 Å². The molecule has 1 aliphatic rings. The number of Topliss-reactive ketones (excluding diaryl/α,β-unsaturated/α-hetero) is 1. The molecule has 0 saturated heterocycles. The molecule has 0 aliphatic heterocycles. The van der Waals surface area contributed by atoms with Crippen LogP contribution in [0.3, 0.4) is 0 Å². The van der Waals surface area contributed by atoms with Crippen LogP contribution in [0.5, 0.6) is 0 Å². The second kappa shape index (κ2) is 5.95. The summed E-state index contributed by atoms with van der Waals surface area (Å²) in [5.41, 5.74) is 0.731. The molecule has 98 valence electrons. The number of carbonyl (C=O) groups excluding carboxylic acids is 1. The number of ketones is 1. The Hall–Kier alpha value is -0.710. The molecule has 1 saturated carbocycles. The molecule has 1 aliphatic carbocycles. The molecule has 0 amide bonds. The van der Waals surface area contributed by atoms with Gasteiger partial charge >= 0.3 is 0 Å². The van der Waals surface area contributed by atoms with E-state index in [1.54, 1.807) is 0 Å². The van der Waals surface area contributed by atoms with Gasteiger partial charge in [0.25, 0.3) is 0 Å². The van der Waals surface area contributed by atoms with Crippen LogP contribution in [0.15, 0.2) is 28.7 Å². The van der Waals surface area contributed by atoms with Crippen LogP contribution < -0.4 is 0 Å². The molecule has 0 heterocycles. The average molecular weight is 312 g/mol. The van der Waals surface area contributed by atoms with E-state index in [0.717, 1.165) is 22.9 Å². The molecule has 1 aromatic rings. The van der Waals surface area contributed by atoms with Gasteiger partial charge in [0, 0.05) is 22.6 Å². The molecule has 1 N–H and O–H groups in total. The molecule has 0 radical (unpaired) electrons. The fourth-order valence-corrected chi connectivity index (χ4v) is 2.48.